The molecule has 3 aromatic rings. The van der Waals surface area contributed by atoms with Gasteiger partial charge in [0.05, 0.1) is 5.39 Å². The summed E-state index contributed by atoms with van der Waals surface area (Å²) in [5.74, 6) is -0.0298. The number of carbonyl (C=O) groups excluding carboxylic acids is 1. The minimum absolute atomic E-state index is 0.0292. The normalized spacial score (nSPS) is 20.1. The first-order valence-corrected chi connectivity index (χ1v) is 14.5. The van der Waals surface area contributed by atoms with Gasteiger partial charge < -0.3 is 30.6 Å². The maximum absolute atomic E-state index is 16.5. The highest BCUT2D eigenvalue weighted by molar-refractivity contribution is 5.98. The molecule has 5 heterocycles. The molecule has 0 aliphatic carbocycles. The van der Waals surface area contributed by atoms with Gasteiger partial charge in [-0.15, -0.1) is 0 Å². The summed E-state index contributed by atoms with van der Waals surface area (Å²) in [4.78, 5) is 32.2. The van der Waals surface area contributed by atoms with E-state index >= 15 is 4.39 Å². The van der Waals surface area contributed by atoms with Crippen LogP contribution in [-0.4, -0.2) is 89.3 Å². The van der Waals surface area contributed by atoms with E-state index in [0.717, 1.165) is 57.1 Å². The van der Waals surface area contributed by atoms with E-state index in [4.69, 9.17) is 20.9 Å². The highest BCUT2D eigenvalue weighted by Crippen LogP contribution is 2.43. The van der Waals surface area contributed by atoms with E-state index in [2.05, 4.69) is 33.4 Å². The van der Waals surface area contributed by atoms with Crippen LogP contribution in [-0.2, 0) is 4.79 Å². The number of rotatable bonds is 7. The predicted molar refractivity (Wildman–Crippen MR) is 162 cm³/mol. The average molecular weight is 573 g/mol. The van der Waals surface area contributed by atoms with Gasteiger partial charge in [0, 0.05) is 66.9 Å². The molecule has 1 aromatic carbocycles. The van der Waals surface area contributed by atoms with Crippen LogP contribution in [0.3, 0.4) is 0 Å². The van der Waals surface area contributed by atoms with Gasteiger partial charge in [-0.3, -0.25) is 9.78 Å². The molecule has 1 atom stereocenters. The third-order valence-electron chi connectivity index (χ3n) is 9.25. The molecule has 1 spiro atoms. The highest BCUT2D eigenvalue weighted by atomic mass is 19.1. The second-order valence-electron chi connectivity index (χ2n) is 11.9. The number of benzene rings is 1. The van der Waals surface area contributed by atoms with E-state index in [1.165, 1.54) is 6.08 Å². The van der Waals surface area contributed by atoms with Crippen LogP contribution in [0.5, 0.6) is 6.01 Å². The molecular weight excluding hydrogens is 535 g/mol. The van der Waals surface area contributed by atoms with E-state index in [9.17, 15) is 4.79 Å². The number of carbonyl (C=O) groups is 1. The number of fused-ring (bicyclic) bond motifs is 1. The van der Waals surface area contributed by atoms with E-state index in [0.29, 0.717) is 47.7 Å². The van der Waals surface area contributed by atoms with Crippen LogP contribution in [0.15, 0.2) is 31.0 Å². The number of ether oxygens (including phenoxy) is 1. The highest BCUT2D eigenvalue weighted by Gasteiger charge is 2.46. The number of nitrogens with zero attached hydrogens (tertiary/aromatic N) is 6. The van der Waals surface area contributed by atoms with Gasteiger partial charge in [0.1, 0.15) is 23.6 Å². The number of anilines is 2. The Morgan fingerprint density at radius 1 is 1.26 bits per heavy atom. The minimum Gasteiger partial charge on any atom is -0.462 e. The number of hydrogen-bond acceptors (Lipinski definition) is 9. The number of hydrogen-bond donors (Lipinski definition) is 2. The predicted octanol–water partition coefficient (Wildman–Crippen LogP) is 3.81. The van der Waals surface area contributed by atoms with Crippen molar-refractivity contribution in [3.8, 4) is 17.3 Å². The second-order valence-corrected chi connectivity index (χ2v) is 11.9. The minimum atomic E-state index is -0.596. The summed E-state index contributed by atoms with van der Waals surface area (Å²) in [7, 11) is 2.08. The molecule has 3 N–H and O–H groups in total. The van der Waals surface area contributed by atoms with Crippen molar-refractivity contribution in [2.75, 3.05) is 57.0 Å². The zero-order valence-corrected chi connectivity index (χ0v) is 24.2. The average Bonchev–Trinajstić information content (AvgIpc) is 3.40. The number of likely N-dealkylation sites (tertiary alicyclic amines) is 2. The number of likely N-dealkylation sites (N-methyl/N-ethyl adjacent to an activating group) is 1. The number of nitrogen functional groups attached to an aromatic ring is 1. The summed E-state index contributed by atoms with van der Waals surface area (Å²) in [5.41, 5.74) is 8.49. The SMILES string of the molecule is C=CC(=O)N1CC2(CCN(c3nc(OC[C@@H]4CCCN4C)nc4c(F)c(-c5c(C)ccc(N)c5C=N)ncc34)CC2)C1. The lowest BCUT2D eigenvalue weighted by atomic mass is 9.72. The Labute approximate surface area is 244 Å². The number of aromatic nitrogens is 3. The van der Waals surface area contributed by atoms with Gasteiger partial charge in [0.15, 0.2) is 5.82 Å². The van der Waals surface area contributed by atoms with E-state index < -0.39 is 5.82 Å². The van der Waals surface area contributed by atoms with Gasteiger partial charge >= 0.3 is 6.01 Å². The summed E-state index contributed by atoms with van der Waals surface area (Å²) >= 11 is 0. The third kappa shape index (κ3) is 4.85. The Balaban J connectivity index is 1.37. The molecule has 3 aliphatic heterocycles. The largest absolute Gasteiger partial charge is 0.462 e. The maximum Gasteiger partial charge on any atom is 0.319 e. The number of pyridine rings is 1. The van der Waals surface area contributed by atoms with Crippen LogP contribution in [0, 0.1) is 23.6 Å². The maximum atomic E-state index is 16.5. The topological polar surface area (TPSA) is 125 Å². The molecule has 6 rings (SSSR count). The Morgan fingerprint density at radius 2 is 2.02 bits per heavy atom. The number of halogens is 1. The number of amides is 1. The first-order chi connectivity index (χ1) is 20.2. The molecule has 0 radical (unpaired) electrons. The summed E-state index contributed by atoms with van der Waals surface area (Å²) in [5, 5.41) is 8.43. The van der Waals surface area contributed by atoms with Crippen molar-refractivity contribution in [2.45, 2.75) is 38.6 Å². The van der Waals surface area contributed by atoms with Crippen molar-refractivity contribution in [3.63, 3.8) is 0 Å². The molecular formula is C31H37FN8O2. The molecule has 220 valence electrons. The molecule has 11 heteroatoms. The van der Waals surface area contributed by atoms with Crippen molar-refractivity contribution < 1.29 is 13.9 Å². The van der Waals surface area contributed by atoms with Gasteiger partial charge in [-0.1, -0.05) is 12.6 Å². The molecule has 2 aromatic heterocycles. The lowest BCUT2D eigenvalue weighted by Crippen LogP contribution is -2.61. The number of nitrogens with two attached hydrogens (primary N) is 1. The third-order valence-corrected chi connectivity index (χ3v) is 9.25. The molecule has 0 bridgehead atoms. The first-order valence-electron chi connectivity index (χ1n) is 14.5. The quantitative estimate of drug-likeness (QED) is 0.249. The van der Waals surface area contributed by atoms with Crippen molar-refractivity contribution in [2.24, 2.45) is 5.41 Å². The fourth-order valence-corrected chi connectivity index (χ4v) is 6.63. The summed E-state index contributed by atoms with van der Waals surface area (Å²) in [6.07, 6.45) is 8.04. The van der Waals surface area contributed by atoms with E-state index in [1.807, 2.05) is 11.8 Å². The fourth-order valence-electron chi connectivity index (χ4n) is 6.63. The smallest absolute Gasteiger partial charge is 0.319 e. The van der Waals surface area contributed by atoms with Crippen molar-refractivity contribution in [1.29, 1.82) is 5.41 Å². The summed E-state index contributed by atoms with van der Waals surface area (Å²) < 4.78 is 22.6. The summed E-state index contributed by atoms with van der Waals surface area (Å²) in [6.45, 7) is 9.76. The van der Waals surface area contributed by atoms with Gasteiger partial charge in [-0.2, -0.15) is 9.97 Å². The van der Waals surface area contributed by atoms with Crippen LogP contribution < -0.4 is 15.4 Å². The number of aryl methyl sites for hydroxylation is 1. The van der Waals surface area contributed by atoms with Gasteiger partial charge in [-0.05, 0) is 63.9 Å². The van der Waals surface area contributed by atoms with Gasteiger partial charge in [-0.25, -0.2) is 4.39 Å². The molecule has 0 unspecified atom stereocenters. The number of piperidine rings is 1. The van der Waals surface area contributed by atoms with E-state index in [-0.39, 0.29) is 34.6 Å². The fraction of sp³-hybridized carbons (Fsp3) is 0.452. The lowest BCUT2D eigenvalue weighted by molar-refractivity contribution is -0.139. The lowest BCUT2D eigenvalue weighted by Gasteiger charge is -2.53. The van der Waals surface area contributed by atoms with Crippen molar-refractivity contribution in [3.05, 3.63) is 47.9 Å². The Morgan fingerprint density at radius 3 is 2.69 bits per heavy atom. The first kappa shape index (κ1) is 28.0. The van der Waals surface area contributed by atoms with Crippen LogP contribution >= 0.6 is 0 Å². The molecule has 3 aliphatic rings. The zero-order valence-electron chi connectivity index (χ0n) is 24.2. The summed E-state index contributed by atoms with van der Waals surface area (Å²) in [6, 6.07) is 3.90. The van der Waals surface area contributed by atoms with Crippen molar-refractivity contribution in [1.82, 2.24) is 24.8 Å². The Kier molecular flexibility index (Phi) is 7.30. The molecule has 3 fully saturated rings. The van der Waals surface area contributed by atoms with Crippen molar-refractivity contribution >= 4 is 34.5 Å². The molecule has 0 saturated carbocycles. The van der Waals surface area contributed by atoms with Crippen LogP contribution in [0.2, 0.25) is 0 Å². The van der Waals surface area contributed by atoms with E-state index in [1.54, 1.807) is 18.3 Å². The van der Waals surface area contributed by atoms with Crippen LogP contribution in [0.4, 0.5) is 15.9 Å². The van der Waals surface area contributed by atoms with Gasteiger partial charge in [0.25, 0.3) is 0 Å². The second kappa shape index (κ2) is 10.9. The molecule has 10 nitrogen and oxygen atoms in total. The van der Waals surface area contributed by atoms with Crippen LogP contribution in [0.25, 0.3) is 22.2 Å². The Hall–Kier alpha value is -4.12. The number of nitrogens with one attached hydrogen (secondary N) is 1. The zero-order chi connectivity index (χ0) is 29.6. The Bertz CT molecular complexity index is 1560. The molecule has 3 saturated heterocycles. The monoisotopic (exact) mass is 572 g/mol. The standard InChI is InChI=1S/C31H37FN8O2/c1-4-24(41)40-17-31(18-40)9-12-39(13-10-31)29-22-15-35-28(25-19(2)7-8-23(34)21(25)14-33)26(32)27(22)36-30(37-29)42-16-20-6-5-11-38(20)3/h4,7-8,14-15,20,33H,1,5-6,9-13,16-18,34H2,2-3H3/t20-/m0/s1. The van der Waals surface area contributed by atoms with Gasteiger partial charge in [0.2, 0.25) is 5.91 Å². The van der Waals surface area contributed by atoms with Crippen LogP contribution in [0.1, 0.15) is 36.8 Å². The molecule has 42 heavy (non-hydrogen) atoms. The molecule has 1 amide bonds.